The average Bonchev–Trinajstić information content (AvgIpc) is 2.77. The number of amides is 1. The predicted octanol–water partition coefficient (Wildman–Crippen LogP) is 3.93. The number of nitro groups is 1. The molecule has 0 unspecified atom stereocenters. The van der Waals surface area contributed by atoms with E-state index in [0.717, 1.165) is 12.8 Å². The first kappa shape index (κ1) is 21.5. The van der Waals surface area contributed by atoms with Gasteiger partial charge < -0.3 is 15.0 Å². The number of ether oxygens (including phenoxy) is 1. The van der Waals surface area contributed by atoms with E-state index in [2.05, 4.69) is 5.32 Å². The maximum Gasteiger partial charge on any atom is 0.292 e. The molecule has 8 heteroatoms. The SMILES string of the molecule is O=C(NCCCCOc1ccc(F)cc1)C1CCN(c2ccccc2[N+](=O)[O-])CC1. The Morgan fingerprint density at radius 1 is 1.13 bits per heavy atom. The number of carbonyl (C=O) groups excluding carboxylic acids is 1. The summed E-state index contributed by atoms with van der Waals surface area (Å²) in [6.45, 7) is 2.33. The summed E-state index contributed by atoms with van der Waals surface area (Å²) in [5.74, 6) is 0.305. The van der Waals surface area contributed by atoms with Crippen LogP contribution in [0.5, 0.6) is 5.75 Å². The number of hydrogen-bond donors (Lipinski definition) is 1. The molecule has 1 heterocycles. The van der Waals surface area contributed by atoms with Gasteiger partial charge in [0, 0.05) is 31.6 Å². The Hall–Kier alpha value is -3.16. The molecule has 0 radical (unpaired) electrons. The van der Waals surface area contributed by atoms with E-state index in [1.807, 2.05) is 4.90 Å². The number of piperidine rings is 1. The van der Waals surface area contributed by atoms with Gasteiger partial charge in [-0.1, -0.05) is 12.1 Å². The van der Waals surface area contributed by atoms with E-state index in [4.69, 9.17) is 4.74 Å². The Balaban J connectivity index is 1.34. The fourth-order valence-corrected chi connectivity index (χ4v) is 3.57. The summed E-state index contributed by atoms with van der Waals surface area (Å²) in [6.07, 6.45) is 2.92. The van der Waals surface area contributed by atoms with Crippen LogP contribution >= 0.6 is 0 Å². The summed E-state index contributed by atoms with van der Waals surface area (Å²) in [7, 11) is 0. The molecule has 30 heavy (non-hydrogen) atoms. The molecule has 1 amide bonds. The lowest BCUT2D eigenvalue weighted by Gasteiger charge is -2.32. The van der Waals surface area contributed by atoms with Crippen LogP contribution in [0.25, 0.3) is 0 Å². The minimum absolute atomic E-state index is 0.0386. The van der Waals surface area contributed by atoms with Gasteiger partial charge in [0.15, 0.2) is 0 Å². The third-order valence-corrected chi connectivity index (χ3v) is 5.24. The summed E-state index contributed by atoms with van der Waals surface area (Å²) in [6, 6.07) is 12.6. The minimum atomic E-state index is -0.367. The zero-order valence-corrected chi connectivity index (χ0v) is 16.8. The van der Waals surface area contributed by atoms with Gasteiger partial charge in [0.1, 0.15) is 17.3 Å². The lowest BCUT2D eigenvalue weighted by Crippen LogP contribution is -2.41. The highest BCUT2D eigenvalue weighted by Crippen LogP contribution is 2.31. The van der Waals surface area contributed by atoms with E-state index >= 15 is 0 Å². The van der Waals surface area contributed by atoms with Gasteiger partial charge in [0.05, 0.1) is 11.5 Å². The molecule has 1 saturated heterocycles. The van der Waals surface area contributed by atoms with Crippen molar-refractivity contribution in [1.29, 1.82) is 0 Å². The summed E-state index contributed by atoms with van der Waals surface area (Å²) >= 11 is 0. The summed E-state index contributed by atoms with van der Waals surface area (Å²) in [5.41, 5.74) is 0.714. The minimum Gasteiger partial charge on any atom is -0.494 e. The number of benzene rings is 2. The average molecular weight is 415 g/mol. The van der Waals surface area contributed by atoms with Crippen LogP contribution in [0, 0.1) is 21.8 Å². The molecule has 7 nitrogen and oxygen atoms in total. The zero-order valence-electron chi connectivity index (χ0n) is 16.8. The number of nitrogens with one attached hydrogen (secondary N) is 1. The van der Waals surface area contributed by atoms with Crippen molar-refractivity contribution >= 4 is 17.3 Å². The third-order valence-electron chi connectivity index (χ3n) is 5.24. The van der Waals surface area contributed by atoms with Crippen LogP contribution < -0.4 is 15.0 Å². The monoisotopic (exact) mass is 415 g/mol. The highest BCUT2D eigenvalue weighted by atomic mass is 19.1. The predicted molar refractivity (Wildman–Crippen MR) is 112 cm³/mol. The Bertz CT molecular complexity index is 852. The Kier molecular flexibility index (Phi) is 7.59. The van der Waals surface area contributed by atoms with Gasteiger partial charge >= 0.3 is 0 Å². The molecule has 0 bridgehead atoms. The van der Waals surface area contributed by atoms with Crippen molar-refractivity contribution in [2.24, 2.45) is 5.92 Å². The second-order valence-electron chi connectivity index (χ2n) is 7.31. The summed E-state index contributed by atoms with van der Waals surface area (Å²) in [4.78, 5) is 25.2. The van der Waals surface area contributed by atoms with E-state index in [-0.39, 0.29) is 28.3 Å². The second-order valence-corrected chi connectivity index (χ2v) is 7.31. The van der Waals surface area contributed by atoms with Gasteiger partial charge in [0.25, 0.3) is 5.69 Å². The quantitative estimate of drug-likeness (QED) is 0.381. The number of rotatable bonds is 9. The molecule has 2 aromatic rings. The molecule has 1 fully saturated rings. The fourth-order valence-electron chi connectivity index (χ4n) is 3.57. The number of hydrogen-bond acceptors (Lipinski definition) is 5. The van der Waals surface area contributed by atoms with Gasteiger partial charge in [-0.25, -0.2) is 4.39 Å². The summed E-state index contributed by atoms with van der Waals surface area (Å²) < 4.78 is 18.4. The number of anilines is 1. The van der Waals surface area contributed by atoms with Crippen molar-refractivity contribution in [3.63, 3.8) is 0 Å². The van der Waals surface area contributed by atoms with Gasteiger partial charge in [-0.3, -0.25) is 14.9 Å². The third kappa shape index (κ3) is 5.92. The fraction of sp³-hybridized carbons (Fsp3) is 0.409. The Morgan fingerprint density at radius 2 is 1.83 bits per heavy atom. The normalized spacial score (nSPS) is 14.4. The molecule has 0 atom stereocenters. The van der Waals surface area contributed by atoms with Gasteiger partial charge in [-0.2, -0.15) is 0 Å². The molecule has 1 aliphatic heterocycles. The molecule has 0 saturated carbocycles. The van der Waals surface area contributed by atoms with Crippen molar-refractivity contribution < 1.29 is 18.8 Å². The lowest BCUT2D eigenvalue weighted by atomic mass is 9.95. The van der Waals surface area contributed by atoms with Crippen molar-refractivity contribution in [2.75, 3.05) is 31.1 Å². The van der Waals surface area contributed by atoms with Crippen molar-refractivity contribution in [2.45, 2.75) is 25.7 Å². The van der Waals surface area contributed by atoms with Crippen LogP contribution in [-0.4, -0.2) is 37.1 Å². The number of para-hydroxylation sites is 2. The molecule has 1 aliphatic rings. The van der Waals surface area contributed by atoms with E-state index in [0.29, 0.717) is 50.5 Å². The van der Waals surface area contributed by atoms with Crippen LogP contribution in [0.4, 0.5) is 15.8 Å². The van der Waals surface area contributed by atoms with Gasteiger partial charge in [0.2, 0.25) is 5.91 Å². The number of carbonyl (C=O) groups is 1. The van der Waals surface area contributed by atoms with E-state index in [1.165, 1.54) is 18.2 Å². The molecular formula is C22H26FN3O4. The van der Waals surface area contributed by atoms with Crippen LogP contribution in [0.2, 0.25) is 0 Å². The van der Waals surface area contributed by atoms with Gasteiger partial charge in [-0.15, -0.1) is 0 Å². The molecule has 160 valence electrons. The van der Waals surface area contributed by atoms with E-state index < -0.39 is 0 Å². The molecular weight excluding hydrogens is 389 g/mol. The zero-order chi connectivity index (χ0) is 21.3. The van der Waals surface area contributed by atoms with Gasteiger partial charge in [-0.05, 0) is 56.0 Å². The molecule has 1 N–H and O–H groups in total. The van der Waals surface area contributed by atoms with Crippen molar-refractivity contribution in [3.05, 3.63) is 64.5 Å². The van der Waals surface area contributed by atoms with Crippen molar-refractivity contribution in [1.82, 2.24) is 5.32 Å². The largest absolute Gasteiger partial charge is 0.494 e. The lowest BCUT2D eigenvalue weighted by molar-refractivity contribution is -0.384. The van der Waals surface area contributed by atoms with Crippen LogP contribution in [0.15, 0.2) is 48.5 Å². The topological polar surface area (TPSA) is 84.7 Å². The smallest absolute Gasteiger partial charge is 0.292 e. The standard InChI is InChI=1S/C22H26FN3O4/c23-18-7-9-19(10-8-18)30-16-4-3-13-24-22(27)17-11-14-25(15-12-17)20-5-1-2-6-21(20)26(28)29/h1-2,5-10,17H,3-4,11-16H2,(H,24,27). The molecule has 0 aromatic heterocycles. The first-order valence-corrected chi connectivity index (χ1v) is 10.2. The molecule has 0 spiro atoms. The number of halogens is 1. The maximum atomic E-state index is 12.8. The van der Waals surface area contributed by atoms with Crippen LogP contribution in [-0.2, 0) is 4.79 Å². The van der Waals surface area contributed by atoms with Crippen molar-refractivity contribution in [3.8, 4) is 5.75 Å². The summed E-state index contributed by atoms with van der Waals surface area (Å²) in [5, 5.41) is 14.2. The number of nitrogens with zero attached hydrogens (tertiary/aromatic N) is 2. The second kappa shape index (κ2) is 10.6. The molecule has 3 rings (SSSR count). The van der Waals surface area contributed by atoms with E-state index in [9.17, 15) is 19.3 Å². The molecule has 0 aliphatic carbocycles. The first-order chi connectivity index (χ1) is 14.5. The Labute approximate surface area is 175 Å². The number of nitro benzene ring substituents is 1. The highest BCUT2D eigenvalue weighted by Gasteiger charge is 2.27. The number of unbranched alkanes of at least 4 members (excludes halogenated alkanes) is 1. The maximum absolute atomic E-state index is 12.8. The Morgan fingerprint density at radius 3 is 2.53 bits per heavy atom. The first-order valence-electron chi connectivity index (χ1n) is 10.2. The van der Waals surface area contributed by atoms with Crippen LogP contribution in [0.3, 0.4) is 0 Å². The highest BCUT2D eigenvalue weighted by molar-refractivity contribution is 5.79. The van der Waals surface area contributed by atoms with Crippen LogP contribution in [0.1, 0.15) is 25.7 Å². The molecule has 2 aromatic carbocycles. The van der Waals surface area contributed by atoms with E-state index in [1.54, 1.807) is 30.3 Å².